The van der Waals surface area contributed by atoms with Crippen LogP contribution in [0.15, 0.2) is 48.5 Å². The van der Waals surface area contributed by atoms with Crippen LogP contribution in [0.25, 0.3) is 0 Å². The Morgan fingerprint density at radius 3 is 2.58 bits per heavy atom. The van der Waals surface area contributed by atoms with Gasteiger partial charge in [-0.25, -0.2) is 13.2 Å². The average molecular weight is 373 g/mol. The fourth-order valence-corrected chi connectivity index (χ4v) is 2.60. The van der Waals surface area contributed by atoms with Gasteiger partial charge < -0.3 is 10.1 Å². The number of nitrogens with one attached hydrogen (secondary N) is 2. The lowest BCUT2D eigenvalue weighted by Gasteiger charge is -2.10. The van der Waals surface area contributed by atoms with Crippen molar-refractivity contribution in [2.24, 2.45) is 0 Å². The van der Waals surface area contributed by atoms with Gasteiger partial charge in [-0.1, -0.05) is 18.2 Å². The zero-order chi connectivity index (χ0) is 19.2. The molecule has 0 bridgehead atoms. The van der Waals surface area contributed by atoms with E-state index >= 15 is 0 Å². The van der Waals surface area contributed by atoms with Crippen LogP contribution in [-0.2, 0) is 19.6 Å². The van der Waals surface area contributed by atoms with Crippen LogP contribution in [0, 0.1) is 11.3 Å². The second-order valence-electron chi connectivity index (χ2n) is 5.24. The van der Waals surface area contributed by atoms with E-state index in [1.54, 1.807) is 24.3 Å². The monoisotopic (exact) mass is 373 g/mol. The molecule has 2 rings (SSSR count). The van der Waals surface area contributed by atoms with Gasteiger partial charge in [-0.05, 0) is 30.3 Å². The quantitative estimate of drug-likeness (QED) is 0.743. The van der Waals surface area contributed by atoms with E-state index < -0.39 is 28.5 Å². The molecule has 134 valence electrons. The summed E-state index contributed by atoms with van der Waals surface area (Å²) in [4.78, 5) is 24.0. The molecule has 2 aromatic rings. The van der Waals surface area contributed by atoms with Gasteiger partial charge in [-0.3, -0.25) is 9.52 Å². The van der Waals surface area contributed by atoms with E-state index in [0.717, 1.165) is 6.26 Å². The van der Waals surface area contributed by atoms with Crippen molar-refractivity contribution in [1.82, 2.24) is 0 Å². The number of para-hydroxylation sites is 1. The lowest BCUT2D eigenvalue weighted by molar-refractivity contribution is -0.119. The zero-order valence-corrected chi connectivity index (χ0v) is 14.5. The molecular formula is C17H15N3O5S. The molecule has 0 heterocycles. The minimum atomic E-state index is -3.58. The van der Waals surface area contributed by atoms with Gasteiger partial charge in [0.05, 0.1) is 29.1 Å². The van der Waals surface area contributed by atoms with Gasteiger partial charge in [0.15, 0.2) is 6.61 Å². The van der Waals surface area contributed by atoms with Crippen molar-refractivity contribution < 1.29 is 22.7 Å². The Morgan fingerprint density at radius 2 is 1.88 bits per heavy atom. The van der Waals surface area contributed by atoms with Crippen LogP contribution in [0.5, 0.6) is 0 Å². The van der Waals surface area contributed by atoms with Crippen molar-refractivity contribution in [2.75, 3.05) is 22.9 Å². The average Bonchev–Trinajstić information content (AvgIpc) is 2.59. The molecule has 0 aliphatic carbocycles. The molecule has 0 saturated carbocycles. The van der Waals surface area contributed by atoms with Crippen molar-refractivity contribution in [3.63, 3.8) is 0 Å². The van der Waals surface area contributed by atoms with E-state index in [2.05, 4.69) is 10.0 Å². The maximum Gasteiger partial charge on any atom is 0.340 e. The van der Waals surface area contributed by atoms with E-state index in [-0.39, 0.29) is 11.3 Å². The second kappa shape index (κ2) is 8.13. The summed E-state index contributed by atoms with van der Waals surface area (Å²) in [6.07, 6.45) is 0.956. The molecule has 0 radical (unpaired) electrons. The summed E-state index contributed by atoms with van der Waals surface area (Å²) in [5.41, 5.74) is 0.809. The van der Waals surface area contributed by atoms with Crippen molar-refractivity contribution in [3.05, 3.63) is 59.7 Å². The summed E-state index contributed by atoms with van der Waals surface area (Å²) >= 11 is 0. The first-order valence-corrected chi connectivity index (χ1v) is 9.21. The maximum atomic E-state index is 12.1. The number of carbonyl (C=O) groups is 2. The minimum absolute atomic E-state index is 0.0165. The Hall–Kier alpha value is -3.38. The third kappa shape index (κ3) is 5.61. The van der Waals surface area contributed by atoms with Crippen molar-refractivity contribution >= 4 is 33.3 Å². The molecule has 0 aliphatic heterocycles. The highest BCUT2D eigenvalue weighted by atomic mass is 32.2. The first kappa shape index (κ1) is 19.0. The van der Waals surface area contributed by atoms with Crippen LogP contribution in [0.1, 0.15) is 15.9 Å². The number of nitriles is 1. The molecule has 0 atom stereocenters. The Morgan fingerprint density at radius 1 is 1.15 bits per heavy atom. The van der Waals surface area contributed by atoms with Gasteiger partial charge in [0.2, 0.25) is 10.0 Å². The highest BCUT2D eigenvalue weighted by Gasteiger charge is 2.16. The summed E-state index contributed by atoms with van der Waals surface area (Å²) < 4.78 is 29.8. The van der Waals surface area contributed by atoms with Crippen molar-refractivity contribution in [3.8, 4) is 6.07 Å². The Kier molecular flexibility index (Phi) is 5.93. The fraction of sp³-hybridized carbons (Fsp3) is 0.118. The van der Waals surface area contributed by atoms with Crippen LogP contribution < -0.4 is 10.0 Å². The first-order chi connectivity index (χ1) is 12.3. The number of hydrogen-bond donors (Lipinski definition) is 2. The number of ether oxygens (including phenoxy) is 1. The first-order valence-electron chi connectivity index (χ1n) is 7.32. The molecule has 8 nitrogen and oxygen atoms in total. The molecule has 0 fully saturated rings. The predicted molar refractivity (Wildman–Crippen MR) is 95.0 cm³/mol. The Balaban J connectivity index is 2.00. The molecule has 1 amide bonds. The number of carbonyl (C=O) groups excluding carboxylic acids is 2. The van der Waals surface area contributed by atoms with Crippen LogP contribution >= 0.6 is 0 Å². The number of rotatable bonds is 6. The van der Waals surface area contributed by atoms with Gasteiger partial charge in [-0.2, -0.15) is 5.26 Å². The molecule has 0 unspecified atom stereocenters. The number of amides is 1. The molecule has 2 aromatic carbocycles. The van der Waals surface area contributed by atoms with Gasteiger partial charge in [-0.15, -0.1) is 0 Å². The van der Waals surface area contributed by atoms with E-state index in [4.69, 9.17) is 10.00 Å². The maximum absolute atomic E-state index is 12.1. The predicted octanol–water partition coefficient (Wildman–Crippen LogP) is 1.73. The normalized spacial score (nSPS) is 10.5. The van der Waals surface area contributed by atoms with Gasteiger partial charge in [0.1, 0.15) is 0 Å². The summed E-state index contributed by atoms with van der Waals surface area (Å²) in [5.74, 6) is -1.44. The minimum Gasteiger partial charge on any atom is -0.452 e. The topological polar surface area (TPSA) is 125 Å². The van der Waals surface area contributed by atoms with Gasteiger partial charge in [0, 0.05) is 5.69 Å². The van der Waals surface area contributed by atoms with Crippen molar-refractivity contribution in [2.45, 2.75) is 0 Å². The number of benzene rings is 2. The molecule has 0 aliphatic rings. The molecule has 9 heteroatoms. The molecule has 0 saturated heterocycles. The van der Waals surface area contributed by atoms with Crippen LogP contribution in [0.3, 0.4) is 0 Å². The van der Waals surface area contributed by atoms with E-state index in [1.807, 2.05) is 6.07 Å². The number of sulfonamides is 1. The fourth-order valence-electron chi connectivity index (χ4n) is 2.02. The highest BCUT2D eigenvalue weighted by Crippen LogP contribution is 2.17. The highest BCUT2D eigenvalue weighted by molar-refractivity contribution is 7.92. The molecule has 0 aromatic heterocycles. The van der Waals surface area contributed by atoms with E-state index in [1.165, 1.54) is 24.3 Å². The summed E-state index contributed by atoms with van der Waals surface area (Å²) in [5, 5.41) is 11.3. The van der Waals surface area contributed by atoms with Crippen LogP contribution in [-0.4, -0.2) is 33.2 Å². The number of esters is 1. The van der Waals surface area contributed by atoms with Gasteiger partial charge in [0.25, 0.3) is 5.91 Å². The Bertz CT molecular complexity index is 980. The van der Waals surface area contributed by atoms with Crippen molar-refractivity contribution in [1.29, 1.82) is 5.26 Å². The lowest BCUT2D eigenvalue weighted by Crippen LogP contribution is -2.22. The second-order valence-corrected chi connectivity index (χ2v) is 6.99. The molecule has 2 N–H and O–H groups in total. The largest absolute Gasteiger partial charge is 0.452 e. The standard InChI is InChI=1S/C17H15N3O5S/c1-26(23,24)20-15-8-3-2-7-14(15)17(22)25-11-16(21)19-13-6-4-5-12(9-13)10-18/h2-9,20H,11H2,1H3,(H,19,21). The third-order valence-electron chi connectivity index (χ3n) is 3.05. The summed E-state index contributed by atoms with van der Waals surface area (Å²) in [6, 6.07) is 14.1. The van der Waals surface area contributed by atoms with Gasteiger partial charge >= 0.3 is 5.97 Å². The Labute approximate surface area is 150 Å². The number of nitrogens with zero attached hydrogens (tertiary/aromatic N) is 1. The van der Waals surface area contributed by atoms with Crippen LogP contribution in [0.2, 0.25) is 0 Å². The number of anilines is 2. The summed E-state index contributed by atoms with van der Waals surface area (Å²) in [6.45, 7) is -0.567. The third-order valence-corrected chi connectivity index (χ3v) is 3.64. The summed E-state index contributed by atoms with van der Waals surface area (Å²) in [7, 11) is -3.58. The smallest absolute Gasteiger partial charge is 0.340 e. The van der Waals surface area contributed by atoms with E-state index in [0.29, 0.717) is 11.3 Å². The molecule has 26 heavy (non-hydrogen) atoms. The van der Waals surface area contributed by atoms with Crippen LogP contribution in [0.4, 0.5) is 11.4 Å². The zero-order valence-electron chi connectivity index (χ0n) is 13.7. The number of hydrogen-bond acceptors (Lipinski definition) is 6. The SMILES string of the molecule is CS(=O)(=O)Nc1ccccc1C(=O)OCC(=O)Nc1cccc(C#N)c1. The molecule has 0 spiro atoms. The lowest BCUT2D eigenvalue weighted by atomic mass is 10.2. The molecular weight excluding hydrogens is 358 g/mol. The van der Waals surface area contributed by atoms with E-state index in [9.17, 15) is 18.0 Å².